The van der Waals surface area contributed by atoms with Crippen LogP contribution < -0.4 is 49.3 Å². The molecule has 1 aromatic carbocycles. The summed E-state index contributed by atoms with van der Waals surface area (Å²) in [5.74, 6) is -1.63. The Labute approximate surface area is 276 Å². The lowest BCUT2D eigenvalue weighted by Gasteiger charge is -2.22. The molecule has 0 radical (unpaired) electrons. The van der Waals surface area contributed by atoms with Gasteiger partial charge in [-0.15, -0.1) is 0 Å². The van der Waals surface area contributed by atoms with Crippen LogP contribution in [0.4, 0.5) is 11.6 Å². The number of likely N-dealkylation sites (N-methyl/N-ethyl adjacent to an activating group) is 1. The highest BCUT2D eigenvalue weighted by Gasteiger charge is 2.25. The molecule has 2 heterocycles. The summed E-state index contributed by atoms with van der Waals surface area (Å²) in [5, 5.41) is 13.9. The van der Waals surface area contributed by atoms with Crippen LogP contribution in [0.25, 0.3) is 11.2 Å². The molecule has 48 heavy (non-hydrogen) atoms. The third kappa shape index (κ3) is 11.2. The van der Waals surface area contributed by atoms with Crippen molar-refractivity contribution in [3.8, 4) is 0 Å². The summed E-state index contributed by atoms with van der Waals surface area (Å²) in [5.41, 5.74) is 17.6. The molecular formula is C30H43N13O5. The number of fused-ring (bicyclic) bond motifs is 1. The van der Waals surface area contributed by atoms with E-state index in [1.807, 2.05) is 0 Å². The molecule has 3 atom stereocenters. The standard InChI is InChI=1S/C30H43N13O5/c1-4-20(27(47)41-21(26(46)34-3)6-5-13-35-29(31)32)40-22(44)12-7-16(2)38-25(45)17-8-10-18(11-9-17)36-14-19-15-37-24-23(39-19)28(48)43-30(33)42-24/h8-11,15-16,20-21,36H,4-7,12-14H2,1-3H3,(H,34,46)(H,38,45)(H,40,44)(H,41,47)(H4,31,32,35)(H3,33,37,42,43,48)/t16-,20+,21+/m1/s1. The number of carbonyl (C=O) groups is 4. The topological polar surface area (TPSA) is 290 Å². The predicted molar refractivity (Wildman–Crippen MR) is 180 cm³/mol. The van der Waals surface area contributed by atoms with Crippen molar-refractivity contribution in [3.63, 3.8) is 0 Å². The number of carbonyl (C=O) groups excluding carboxylic acids is 4. The zero-order valence-electron chi connectivity index (χ0n) is 27.1. The predicted octanol–water partition coefficient (Wildman–Crippen LogP) is -1.01. The number of nitrogens with zero attached hydrogens (tertiary/aromatic N) is 4. The summed E-state index contributed by atoms with van der Waals surface area (Å²) in [4.78, 5) is 81.3. The molecule has 3 aromatic rings. The van der Waals surface area contributed by atoms with Crippen LogP contribution in [0.2, 0.25) is 0 Å². The fourth-order valence-electron chi connectivity index (χ4n) is 4.55. The second kappa shape index (κ2) is 17.8. The molecule has 0 unspecified atom stereocenters. The third-order valence-electron chi connectivity index (χ3n) is 7.17. The van der Waals surface area contributed by atoms with Gasteiger partial charge in [-0.2, -0.15) is 4.98 Å². The smallest absolute Gasteiger partial charge is 0.280 e. The Bertz CT molecular complexity index is 1670. The summed E-state index contributed by atoms with van der Waals surface area (Å²) in [6.07, 6.45) is 2.97. The second-order valence-corrected chi connectivity index (χ2v) is 11.0. The van der Waals surface area contributed by atoms with Crippen molar-refractivity contribution < 1.29 is 19.2 Å². The van der Waals surface area contributed by atoms with Crippen LogP contribution in [0.15, 0.2) is 40.2 Å². The molecule has 3 rings (SSSR count). The van der Waals surface area contributed by atoms with E-state index in [1.165, 1.54) is 13.2 Å². The molecule has 0 saturated carbocycles. The number of nitrogens with two attached hydrogens (primary N) is 3. The Morgan fingerprint density at radius 2 is 1.71 bits per heavy atom. The minimum atomic E-state index is -0.841. The van der Waals surface area contributed by atoms with Crippen molar-refractivity contribution >= 4 is 52.4 Å². The quantitative estimate of drug-likeness (QED) is 0.0476. The van der Waals surface area contributed by atoms with E-state index < -0.39 is 23.6 Å². The van der Waals surface area contributed by atoms with Gasteiger partial charge in [0.25, 0.3) is 11.5 Å². The molecule has 258 valence electrons. The summed E-state index contributed by atoms with van der Waals surface area (Å²) >= 11 is 0. The first-order valence-electron chi connectivity index (χ1n) is 15.4. The maximum atomic E-state index is 12.9. The molecule has 0 spiro atoms. The molecule has 0 fully saturated rings. The van der Waals surface area contributed by atoms with Crippen LogP contribution in [0.5, 0.6) is 0 Å². The number of amides is 4. The van der Waals surface area contributed by atoms with Gasteiger partial charge in [0, 0.05) is 37.3 Å². The molecule has 0 aliphatic heterocycles. The van der Waals surface area contributed by atoms with E-state index in [0.717, 1.165) is 0 Å². The number of hydrogen-bond acceptors (Lipinski definition) is 11. The van der Waals surface area contributed by atoms with E-state index in [0.29, 0.717) is 49.2 Å². The highest BCUT2D eigenvalue weighted by Crippen LogP contribution is 2.12. The Hall–Kier alpha value is -5.81. The lowest BCUT2D eigenvalue weighted by molar-refractivity contribution is -0.132. The number of guanidine groups is 1. The molecule has 0 aliphatic carbocycles. The fourth-order valence-corrected chi connectivity index (χ4v) is 4.55. The van der Waals surface area contributed by atoms with Crippen LogP contribution >= 0.6 is 0 Å². The molecule has 2 aromatic heterocycles. The van der Waals surface area contributed by atoms with E-state index in [2.05, 4.69) is 51.5 Å². The van der Waals surface area contributed by atoms with Gasteiger partial charge in [0.1, 0.15) is 12.1 Å². The molecular weight excluding hydrogens is 622 g/mol. The van der Waals surface area contributed by atoms with E-state index in [9.17, 15) is 24.0 Å². The lowest BCUT2D eigenvalue weighted by Crippen LogP contribution is -2.53. The zero-order chi connectivity index (χ0) is 35.2. The monoisotopic (exact) mass is 665 g/mol. The molecule has 0 aliphatic rings. The van der Waals surface area contributed by atoms with Crippen LogP contribution in [0, 0.1) is 0 Å². The minimum absolute atomic E-state index is 0.0391. The second-order valence-electron chi connectivity index (χ2n) is 11.0. The van der Waals surface area contributed by atoms with Gasteiger partial charge >= 0.3 is 0 Å². The summed E-state index contributed by atoms with van der Waals surface area (Å²) < 4.78 is 0. The van der Waals surface area contributed by atoms with Gasteiger partial charge in [-0.25, -0.2) is 9.97 Å². The van der Waals surface area contributed by atoms with Crippen molar-refractivity contribution in [2.45, 2.75) is 70.6 Å². The number of H-pyrrole nitrogens is 1. The van der Waals surface area contributed by atoms with Gasteiger partial charge in [-0.1, -0.05) is 6.92 Å². The number of rotatable bonds is 17. The van der Waals surface area contributed by atoms with Crippen molar-refractivity contribution in [1.29, 1.82) is 0 Å². The number of nitrogens with one attached hydrogen (secondary N) is 6. The maximum absolute atomic E-state index is 12.9. The number of aromatic amines is 1. The first-order chi connectivity index (χ1) is 22.9. The van der Waals surface area contributed by atoms with E-state index in [4.69, 9.17) is 17.2 Å². The lowest BCUT2D eigenvalue weighted by atomic mass is 10.1. The van der Waals surface area contributed by atoms with Crippen LogP contribution in [-0.2, 0) is 20.9 Å². The van der Waals surface area contributed by atoms with E-state index >= 15 is 0 Å². The Kier molecular flexibility index (Phi) is 13.6. The van der Waals surface area contributed by atoms with Crippen LogP contribution in [0.1, 0.15) is 62.0 Å². The van der Waals surface area contributed by atoms with Gasteiger partial charge < -0.3 is 43.8 Å². The highest BCUT2D eigenvalue weighted by molar-refractivity contribution is 5.95. The van der Waals surface area contributed by atoms with Crippen molar-refractivity contribution in [2.24, 2.45) is 16.5 Å². The normalized spacial score (nSPS) is 12.6. The summed E-state index contributed by atoms with van der Waals surface area (Å²) in [6.45, 7) is 4.10. The van der Waals surface area contributed by atoms with Crippen molar-refractivity contribution in [2.75, 3.05) is 24.6 Å². The maximum Gasteiger partial charge on any atom is 0.280 e. The largest absolute Gasteiger partial charge is 0.379 e. The molecule has 18 nitrogen and oxygen atoms in total. The van der Waals surface area contributed by atoms with Gasteiger partial charge in [-0.05, 0) is 56.9 Å². The molecule has 0 saturated heterocycles. The number of benzene rings is 1. The fraction of sp³-hybridized carbons (Fsp3) is 0.433. The van der Waals surface area contributed by atoms with Gasteiger partial charge in [0.15, 0.2) is 17.1 Å². The average Bonchev–Trinajstić information content (AvgIpc) is 3.06. The van der Waals surface area contributed by atoms with Gasteiger partial charge in [-0.3, -0.25) is 33.9 Å². The highest BCUT2D eigenvalue weighted by atomic mass is 16.2. The van der Waals surface area contributed by atoms with Crippen molar-refractivity contribution in [1.82, 2.24) is 41.2 Å². The minimum Gasteiger partial charge on any atom is -0.379 e. The van der Waals surface area contributed by atoms with Crippen molar-refractivity contribution in [3.05, 3.63) is 52.1 Å². The molecule has 4 amide bonds. The van der Waals surface area contributed by atoms with Crippen LogP contribution in [0.3, 0.4) is 0 Å². The Morgan fingerprint density at radius 3 is 2.38 bits per heavy atom. The first-order valence-corrected chi connectivity index (χ1v) is 15.4. The van der Waals surface area contributed by atoms with E-state index in [1.54, 1.807) is 38.1 Å². The first kappa shape index (κ1) is 36.7. The van der Waals surface area contributed by atoms with Gasteiger partial charge in [0.05, 0.1) is 18.4 Å². The zero-order valence-corrected chi connectivity index (χ0v) is 27.1. The third-order valence-corrected chi connectivity index (χ3v) is 7.17. The summed E-state index contributed by atoms with van der Waals surface area (Å²) in [7, 11) is 1.47. The summed E-state index contributed by atoms with van der Waals surface area (Å²) in [6, 6.07) is 4.77. The van der Waals surface area contributed by atoms with E-state index in [-0.39, 0.29) is 59.8 Å². The number of nitrogen functional groups attached to an aromatic ring is 1. The average molecular weight is 666 g/mol. The van der Waals surface area contributed by atoms with Crippen LogP contribution in [-0.4, -0.2) is 81.2 Å². The number of hydrogen-bond donors (Lipinski definition) is 9. The molecule has 12 N–H and O–H groups in total. The number of aliphatic imine (C=N–C) groups is 1. The molecule has 0 bridgehead atoms. The number of anilines is 2. The number of aromatic nitrogens is 4. The SMILES string of the molecule is CC[C@H](NC(=O)CC[C@@H](C)NC(=O)c1ccc(NCc2cnc3nc(N)[nH]c(=O)c3n2)cc1)C(=O)N[C@@H](CCCN=C(N)N)C(=O)NC. The Morgan fingerprint density at radius 1 is 0.979 bits per heavy atom. The Balaban J connectivity index is 1.44. The van der Waals surface area contributed by atoms with Gasteiger partial charge in [0.2, 0.25) is 23.7 Å². The molecule has 18 heteroatoms.